The van der Waals surface area contributed by atoms with Crippen LogP contribution in [0.1, 0.15) is 21.2 Å². The molecule has 0 saturated heterocycles. The van der Waals surface area contributed by atoms with Crippen LogP contribution in [0.25, 0.3) is 0 Å². The summed E-state index contributed by atoms with van der Waals surface area (Å²) in [5.41, 5.74) is 0. The van der Waals surface area contributed by atoms with E-state index >= 15 is 0 Å². The van der Waals surface area contributed by atoms with Crippen LogP contribution in [0.2, 0.25) is 0 Å². The van der Waals surface area contributed by atoms with E-state index in [-0.39, 0.29) is 31.0 Å². The van der Waals surface area contributed by atoms with E-state index in [9.17, 15) is 8.76 Å². The Morgan fingerprint density at radius 2 is 2.40 bits per heavy atom. The molecule has 1 atom stereocenters. The summed E-state index contributed by atoms with van der Waals surface area (Å²) in [7, 11) is 0. The molecule has 0 aromatic carbocycles. The van der Waals surface area contributed by atoms with Crippen molar-refractivity contribution in [1.29, 1.82) is 0 Å². The number of allylic oxidation sites excluding steroid dienone is 1. The van der Waals surface area contributed by atoms with E-state index in [2.05, 4.69) is 4.18 Å². The van der Waals surface area contributed by atoms with Gasteiger partial charge in [0.15, 0.2) is 0 Å². The minimum atomic E-state index is -2.41. The zero-order chi connectivity index (χ0) is 7.11. The van der Waals surface area contributed by atoms with Crippen molar-refractivity contribution in [3.63, 3.8) is 0 Å². The molecule has 0 amide bonds. The van der Waals surface area contributed by atoms with Crippen LogP contribution in [0.5, 0.6) is 0 Å². The molecule has 1 unspecified atom stereocenters. The third kappa shape index (κ3) is 11.4. The first-order valence-corrected chi connectivity index (χ1v) is 3.68. The standard InChI is InChI=1S/C5H10O3S.Na.H/c1-2-3-4-5-8-9(6)7;;/h4-5H,2-3H2,1H3,(H,6,7);;/q;+1;-1/p-1. The Kier molecular flexibility index (Phi) is 12.8. The summed E-state index contributed by atoms with van der Waals surface area (Å²) in [5, 5.41) is 0. The van der Waals surface area contributed by atoms with Gasteiger partial charge in [0.05, 0.1) is 6.26 Å². The number of hydrogen-bond acceptors (Lipinski definition) is 3. The SMILES string of the molecule is CCCC=COS(=O)[O-].[H-].[Na+]. The molecule has 5 heteroatoms. The van der Waals surface area contributed by atoms with E-state index in [0.29, 0.717) is 0 Å². The van der Waals surface area contributed by atoms with Crippen LogP contribution >= 0.6 is 0 Å². The molecule has 0 aromatic heterocycles. The van der Waals surface area contributed by atoms with Gasteiger partial charge < -0.3 is 10.2 Å². The molecule has 0 heterocycles. The topological polar surface area (TPSA) is 49.4 Å². The minimum Gasteiger partial charge on any atom is -1.00 e. The van der Waals surface area contributed by atoms with E-state index in [1.807, 2.05) is 6.92 Å². The van der Waals surface area contributed by atoms with Gasteiger partial charge in [0, 0.05) is 0 Å². The van der Waals surface area contributed by atoms with Gasteiger partial charge in [-0.3, -0.25) is 0 Å². The average Bonchev–Trinajstić information content (AvgIpc) is 1.80. The molecule has 0 aliphatic rings. The predicted molar refractivity (Wildman–Crippen MR) is 35.2 cm³/mol. The summed E-state index contributed by atoms with van der Waals surface area (Å²) in [5.74, 6) is 0. The van der Waals surface area contributed by atoms with Gasteiger partial charge in [-0.05, 0) is 12.5 Å². The van der Waals surface area contributed by atoms with Crippen LogP contribution in [-0.2, 0) is 15.5 Å². The molecular formula is C5H10NaO3S-. The van der Waals surface area contributed by atoms with E-state index in [4.69, 9.17) is 0 Å². The van der Waals surface area contributed by atoms with Crippen LogP contribution < -0.4 is 29.6 Å². The van der Waals surface area contributed by atoms with Crippen molar-refractivity contribution in [1.82, 2.24) is 0 Å². The first-order valence-electron chi connectivity index (χ1n) is 2.68. The molecule has 0 radical (unpaired) electrons. The maximum atomic E-state index is 9.69. The summed E-state index contributed by atoms with van der Waals surface area (Å²) < 4.78 is 23.5. The molecule has 0 aliphatic heterocycles. The van der Waals surface area contributed by atoms with Crippen molar-refractivity contribution >= 4 is 11.4 Å². The molecule has 0 aromatic rings. The van der Waals surface area contributed by atoms with Crippen molar-refractivity contribution in [3.05, 3.63) is 12.3 Å². The van der Waals surface area contributed by atoms with Gasteiger partial charge >= 0.3 is 29.6 Å². The van der Waals surface area contributed by atoms with Crippen LogP contribution in [0.4, 0.5) is 0 Å². The van der Waals surface area contributed by atoms with Crippen LogP contribution in [0.3, 0.4) is 0 Å². The van der Waals surface area contributed by atoms with Gasteiger partial charge in [-0.15, -0.1) is 0 Å². The van der Waals surface area contributed by atoms with Crippen molar-refractivity contribution in [2.24, 2.45) is 0 Å². The van der Waals surface area contributed by atoms with Crippen molar-refractivity contribution in [3.8, 4) is 0 Å². The Labute approximate surface area is 87.1 Å². The quantitative estimate of drug-likeness (QED) is 0.287. The fourth-order valence-corrected chi connectivity index (χ4v) is 0.489. The predicted octanol–water partition coefficient (Wildman–Crippen LogP) is -1.77. The van der Waals surface area contributed by atoms with Gasteiger partial charge in [0.2, 0.25) is 0 Å². The first kappa shape index (κ1) is 13.3. The van der Waals surface area contributed by atoms with Gasteiger partial charge in [0.25, 0.3) is 0 Å². The van der Waals surface area contributed by atoms with Crippen molar-refractivity contribution < 1.29 is 43.9 Å². The fraction of sp³-hybridized carbons (Fsp3) is 0.600. The Bertz CT molecular complexity index is 120. The molecule has 0 bridgehead atoms. The summed E-state index contributed by atoms with van der Waals surface area (Å²) in [6.45, 7) is 2.00. The molecule has 0 saturated carbocycles. The van der Waals surface area contributed by atoms with Gasteiger partial charge in [-0.2, -0.15) is 0 Å². The second-order valence-corrected chi connectivity index (χ2v) is 2.06. The smallest absolute Gasteiger partial charge is 1.00 e. The normalized spacial score (nSPS) is 12.6. The molecule has 56 valence electrons. The van der Waals surface area contributed by atoms with E-state index < -0.39 is 11.4 Å². The zero-order valence-electron chi connectivity index (χ0n) is 7.20. The summed E-state index contributed by atoms with van der Waals surface area (Å²) in [6.07, 6.45) is 4.67. The Hall–Kier alpha value is 0.650. The van der Waals surface area contributed by atoms with Crippen LogP contribution in [0.15, 0.2) is 12.3 Å². The molecule has 0 spiro atoms. The third-order valence-corrected chi connectivity index (χ3v) is 0.954. The molecule has 0 aliphatic carbocycles. The number of hydrogen-bond donors (Lipinski definition) is 0. The zero-order valence-corrected chi connectivity index (χ0v) is 9.02. The van der Waals surface area contributed by atoms with E-state index in [1.165, 1.54) is 6.26 Å². The van der Waals surface area contributed by atoms with Gasteiger partial charge in [-0.25, -0.2) is 4.21 Å². The van der Waals surface area contributed by atoms with Gasteiger partial charge in [-0.1, -0.05) is 13.3 Å². The average molecular weight is 173 g/mol. The molecule has 0 rings (SSSR count). The molecule has 0 N–H and O–H groups in total. The Balaban J connectivity index is -0.000000320. The van der Waals surface area contributed by atoms with E-state index in [1.54, 1.807) is 6.08 Å². The number of unbranched alkanes of at least 4 members (excludes halogenated alkanes) is 1. The van der Waals surface area contributed by atoms with E-state index in [0.717, 1.165) is 12.8 Å². The maximum absolute atomic E-state index is 9.69. The first-order chi connectivity index (χ1) is 4.27. The molecular weight excluding hydrogens is 163 g/mol. The fourth-order valence-electron chi connectivity index (χ4n) is 0.319. The second kappa shape index (κ2) is 9.65. The minimum absolute atomic E-state index is 0. The molecule has 3 nitrogen and oxygen atoms in total. The Morgan fingerprint density at radius 1 is 1.80 bits per heavy atom. The molecule has 10 heavy (non-hydrogen) atoms. The molecule has 0 fully saturated rings. The number of rotatable bonds is 4. The third-order valence-electron chi connectivity index (χ3n) is 0.686. The van der Waals surface area contributed by atoms with Gasteiger partial charge in [0.1, 0.15) is 11.4 Å². The Morgan fingerprint density at radius 3 is 2.80 bits per heavy atom. The maximum Gasteiger partial charge on any atom is 1.00 e. The van der Waals surface area contributed by atoms with Crippen molar-refractivity contribution in [2.75, 3.05) is 0 Å². The van der Waals surface area contributed by atoms with Crippen LogP contribution in [-0.4, -0.2) is 8.76 Å². The monoisotopic (exact) mass is 173 g/mol. The van der Waals surface area contributed by atoms with Crippen molar-refractivity contribution in [2.45, 2.75) is 19.8 Å². The summed E-state index contributed by atoms with van der Waals surface area (Å²) >= 11 is -2.41. The van der Waals surface area contributed by atoms with Crippen LogP contribution in [0, 0.1) is 0 Å². The second-order valence-electron chi connectivity index (χ2n) is 1.46. The summed E-state index contributed by atoms with van der Waals surface area (Å²) in [4.78, 5) is 0. The largest absolute Gasteiger partial charge is 1.00 e. The summed E-state index contributed by atoms with van der Waals surface area (Å²) in [6, 6.07) is 0.